The molecule has 1 unspecified atom stereocenters. The Kier molecular flexibility index (Phi) is 8.43. The summed E-state index contributed by atoms with van der Waals surface area (Å²) in [5.74, 6) is -2.71. The first-order valence-corrected chi connectivity index (χ1v) is 13.5. The summed E-state index contributed by atoms with van der Waals surface area (Å²) in [6, 6.07) is 12.1. The number of aryl methyl sites for hydroxylation is 1. The summed E-state index contributed by atoms with van der Waals surface area (Å²) in [6.45, 7) is 4.13. The Hall–Kier alpha value is -4.39. The Bertz CT molecular complexity index is 1460. The molecule has 3 atom stereocenters. The maximum Gasteiger partial charge on any atom is 0.352 e. The molecule has 10 nitrogen and oxygen atoms in total. The number of hydrogen-bond acceptors (Lipinski definition) is 6. The van der Waals surface area contributed by atoms with E-state index in [-0.39, 0.29) is 30.2 Å². The molecule has 0 radical (unpaired) electrons. The monoisotopic (exact) mass is 545 g/mol. The number of nitrogens with one attached hydrogen (secondary N) is 1. The van der Waals surface area contributed by atoms with Gasteiger partial charge in [0, 0.05) is 30.3 Å². The topological polar surface area (TPSA) is 160 Å². The molecule has 1 aliphatic rings. The van der Waals surface area contributed by atoms with Gasteiger partial charge in [-0.1, -0.05) is 32.8 Å². The maximum atomic E-state index is 13.7. The van der Waals surface area contributed by atoms with Gasteiger partial charge in [0.25, 0.3) is 0 Å². The van der Waals surface area contributed by atoms with Crippen LogP contribution in [-0.4, -0.2) is 38.5 Å². The van der Waals surface area contributed by atoms with Crippen molar-refractivity contribution in [1.29, 1.82) is 5.26 Å². The predicted molar refractivity (Wildman–Crippen MR) is 148 cm³/mol. The molecule has 40 heavy (non-hydrogen) atoms. The SMILES string of the molecule is CC(C)CC(C#N)NC(=O)[C@@H]1CCCC[C@@]1(C(N)=O)c1c(C(=O)O)n(C)c2cc(OCc3ccccn3)ccc12. The highest BCUT2D eigenvalue weighted by molar-refractivity contribution is 6.06. The minimum absolute atomic E-state index is 0.102. The lowest BCUT2D eigenvalue weighted by molar-refractivity contribution is -0.137. The van der Waals surface area contributed by atoms with E-state index in [1.54, 1.807) is 31.4 Å². The zero-order valence-corrected chi connectivity index (χ0v) is 23.0. The molecule has 2 heterocycles. The van der Waals surface area contributed by atoms with Crippen LogP contribution in [0.25, 0.3) is 10.9 Å². The van der Waals surface area contributed by atoms with Crippen LogP contribution in [0.5, 0.6) is 5.75 Å². The molecular weight excluding hydrogens is 510 g/mol. The zero-order chi connectivity index (χ0) is 29.0. The average Bonchev–Trinajstić information content (AvgIpc) is 3.23. The number of rotatable bonds is 10. The third-order valence-corrected chi connectivity index (χ3v) is 7.78. The first-order chi connectivity index (χ1) is 19.1. The molecule has 0 aliphatic heterocycles. The largest absolute Gasteiger partial charge is 0.487 e. The number of amides is 2. The minimum atomic E-state index is -1.57. The fraction of sp³-hybridized carbons (Fsp3) is 0.433. The molecule has 10 heteroatoms. The van der Waals surface area contributed by atoms with Gasteiger partial charge < -0.3 is 25.5 Å². The highest BCUT2D eigenvalue weighted by Gasteiger charge is 2.54. The van der Waals surface area contributed by atoms with Gasteiger partial charge in [-0.05, 0) is 49.4 Å². The van der Waals surface area contributed by atoms with Gasteiger partial charge in [0.05, 0.1) is 28.6 Å². The number of nitrogens with zero attached hydrogens (tertiary/aromatic N) is 3. The molecule has 210 valence electrons. The number of carboxylic acid groups (broad SMARTS) is 1. The Labute approximate surface area is 233 Å². The first kappa shape index (κ1) is 28.6. The van der Waals surface area contributed by atoms with Crippen LogP contribution < -0.4 is 15.8 Å². The number of nitriles is 1. The summed E-state index contributed by atoms with van der Waals surface area (Å²) < 4.78 is 7.43. The molecule has 1 aliphatic carbocycles. The van der Waals surface area contributed by atoms with E-state index in [4.69, 9.17) is 10.5 Å². The normalized spacial score (nSPS) is 19.6. The molecular formula is C30H35N5O5. The molecule has 3 aromatic rings. The van der Waals surface area contributed by atoms with Gasteiger partial charge in [-0.2, -0.15) is 5.26 Å². The van der Waals surface area contributed by atoms with Crippen molar-refractivity contribution in [3.05, 3.63) is 59.5 Å². The van der Waals surface area contributed by atoms with E-state index in [0.29, 0.717) is 42.3 Å². The number of aromatic carboxylic acids is 1. The number of fused-ring (bicyclic) bond motifs is 1. The molecule has 4 rings (SSSR count). The number of hydrogen-bond donors (Lipinski definition) is 3. The highest BCUT2D eigenvalue weighted by Crippen LogP contribution is 2.49. The van der Waals surface area contributed by atoms with Gasteiger partial charge in [0.1, 0.15) is 24.1 Å². The molecule has 2 aromatic heterocycles. The lowest BCUT2D eigenvalue weighted by atomic mass is 9.60. The molecule has 0 bridgehead atoms. The van der Waals surface area contributed by atoms with Crippen LogP contribution in [-0.2, 0) is 28.7 Å². The number of carbonyl (C=O) groups excluding carboxylic acids is 2. The Morgan fingerprint density at radius 3 is 2.67 bits per heavy atom. The van der Waals surface area contributed by atoms with Crippen molar-refractivity contribution in [3.63, 3.8) is 0 Å². The summed E-state index contributed by atoms with van der Waals surface area (Å²) in [5, 5.41) is 23.3. The maximum absolute atomic E-state index is 13.7. The van der Waals surface area contributed by atoms with E-state index in [2.05, 4.69) is 16.4 Å². The van der Waals surface area contributed by atoms with Crippen LogP contribution >= 0.6 is 0 Å². The highest BCUT2D eigenvalue weighted by atomic mass is 16.5. The Morgan fingerprint density at radius 1 is 1.27 bits per heavy atom. The number of nitrogens with two attached hydrogens (primary N) is 1. The van der Waals surface area contributed by atoms with Crippen molar-refractivity contribution in [1.82, 2.24) is 14.9 Å². The van der Waals surface area contributed by atoms with Gasteiger partial charge in [-0.25, -0.2) is 4.79 Å². The quantitative estimate of drug-likeness (QED) is 0.349. The average molecular weight is 546 g/mol. The molecule has 4 N–H and O–H groups in total. The Morgan fingerprint density at radius 2 is 2.05 bits per heavy atom. The van der Waals surface area contributed by atoms with Crippen molar-refractivity contribution in [2.24, 2.45) is 24.6 Å². The zero-order valence-electron chi connectivity index (χ0n) is 23.0. The van der Waals surface area contributed by atoms with Crippen LogP contribution in [0.4, 0.5) is 0 Å². The summed E-state index contributed by atoms with van der Waals surface area (Å²) >= 11 is 0. The van der Waals surface area contributed by atoms with E-state index in [1.165, 1.54) is 4.57 Å². The number of ether oxygens (including phenoxy) is 1. The molecule has 1 saturated carbocycles. The van der Waals surface area contributed by atoms with E-state index in [0.717, 1.165) is 5.69 Å². The Balaban J connectivity index is 1.82. The fourth-order valence-electron chi connectivity index (χ4n) is 5.98. The second-order valence-corrected chi connectivity index (χ2v) is 10.8. The van der Waals surface area contributed by atoms with Crippen LogP contribution in [0, 0.1) is 23.2 Å². The summed E-state index contributed by atoms with van der Waals surface area (Å²) in [5.41, 5.74) is 5.93. The van der Waals surface area contributed by atoms with Crippen molar-refractivity contribution in [2.45, 2.75) is 64.0 Å². The number of carbonyl (C=O) groups is 3. The van der Waals surface area contributed by atoms with Crippen molar-refractivity contribution < 1.29 is 24.2 Å². The number of primary amides is 1. The molecule has 0 spiro atoms. The van der Waals surface area contributed by atoms with Gasteiger partial charge in [-0.3, -0.25) is 14.6 Å². The van der Waals surface area contributed by atoms with Crippen molar-refractivity contribution in [3.8, 4) is 11.8 Å². The number of benzene rings is 1. The fourth-order valence-corrected chi connectivity index (χ4v) is 5.98. The van der Waals surface area contributed by atoms with Gasteiger partial charge in [0.15, 0.2) is 0 Å². The number of aromatic nitrogens is 2. The smallest absolute Gasteiger partial charge is 0.352 e. The minimum Gasteiger partial charge on any atom is -0.487 e. The predicted octanol–water partition coefficient (Wildman–Crippen LogP) is 3.82. The third kappa shape index (κ3) is 5.37. The second-order valence-electron chi connectivity index (χ2n) is 10.8. The van der Waals surface area contributed by atoms with E-state index < -0.39 is 35.2 Å². The summed E-state index contributed by atoms with van der Waals surface area (Å²) in [6.07, 6.45) is 3.96. The molecule has 1 aromatic carbocycles. The third-order valence-electron chi connectivity index (χ3n) is 7.78. The van der Waals surface area contributed by atoms with Gasteiger partial charge in [0.2, 0.25) is 11.8 Å². The van der Waals surface area contributed by atoms with Crippen molar-refractivity contribution >= 4 is 28.7 Å². The van der Waals surface area contributed by atoms with Crippen LogP contribution in [0.1, 0.15) is 67.7 Å². The molecule has 2 amide bonds. The number of carboxylic acids is 1. The second kappa shape index (κ2) is 11.8. The summed E-state index contributed by atoms with van der Waals surface area (Å²) in [7, 11) is 1.61. The van der Waals surface area contributed by atoms with Crippen LogP contribution in [0.15, 0.2) is 42.6 Å². The van der Waals surface area contributed by atoms with Gasteiger partial charge >= 0.3 is 5.97 Å². The molecule has 0 saturated heterocycles. The lowest BCUT2D eigenvalue weighted by Crippen LogP contribution is -2.56. The van der Waals surface area contributed by atoms with E-state index >= 15 is 0 Å². The summed E-state index contributed by atoms with van der Waals surface area (Å²) in [4.78, 5) is 44.0. The lowest BCUT2D eigenvalue weighted by Gasteiger charge is -2.41. The van der Waals surface area contributed by atoms with E-state index in [1.807, 2.05) is 32.0 Å². The van der Waals surface area contributed by atoms with Gasteiger partial charge in [-0.15, -0.1) is 0 Å². The molecule has 1 fully saturated rings. The van der Waals surface area contributed by atoms with Crippen LogP contribution in [0.3, 0.4) is 0 Å². The van der Waals surface area contributed by atoms with Crippen LogP contribution in [0.2, 0.25) is 0 Å². The standard InChI is InChI=1S/C30H35N5O5/c1-18(2)14-20(16-31)34-27(36)23-9-4-6-12-30(23,29(32)39)25-22-11-10-21(40-17-19-8-5-7-13-33-19)15-24(22)35(3)26(25)28(37)38/h5,7-8,10-11,13,15,18,20,23H,4,6,9,12,14,17H2,1-3H3,(H2,32,39)(H,34,36)(H,37,38)/t20?,23-,30-/m0/s1. The first-order valence-electron chi connectivity index (χ1n) is 13.5. The van der Waals surface area contributed by atoms with E-state index in [9.17, 15) is 24.8 Å². The number of pyridine rings is 1. The van der Waals surface area contributed by atoms with Crippen molar-refractivity contribution in [2.75, 3.05) is 0 Å².